The van der Waals surface area contributed by atoms with E-state index in [1.54, 1.807) is 6.08 Å². The highest BCUT2D eigenvalue weighted by molar-refractivity contribution is 5.76. The Balaban J connectivity index is 3.63. The molecule has 190 valence electrons. The van der Waals surface area contributed by atoms with Crippen molar-refractivity contribution in [1.29, 1.82) is 0 Å². The van der Waals surface area contributed by atoms with Gasteiger partial charge in [0, 0.05) is 6.42 Å². The highest BCUT2D eigenvalue weighted by Crippen LogP contribution is 2.13. The van der Waals surface area contributed by atoms with Gasteiger partial charge in [-0.1, -0.05) is 129 Å². The van der Waals surface area contributed by atoms with Gasteiger partial charge in [-0.25, -0.2) is 0 Å². The second-order valence-corrected chi connectivity index (χ2v) is 9.47. The normalized spacial score (nSPS) is 13.5. The summed E-state index contributed by atoms with van der Waals surface area (Å²) in [5.41, 5.74) is 0. The average molecular weight is 454 g/mol. The predicted octanol–water partition coefficient (Wildman–Crippen LogP) is 7.22. The van der Waals surface area contributed by atoms with Crippen molar-refractivity contribution in [3.63, 3.8) is 0 Å². The molecule has 0 heterocycles. The van der Waals surface area contributed by atoms with Crippen LogP contribution in [0, 0.1) is 0 Å². The summed E-state index contributed by atoms with van der Waals surface area (Å²) in [4.78, 5) is 12.0. The molecule has 0 rings (SSSR count). The maximum atomic E-state index is 12.0. The van der Waals surface area contributed by atoms with E-state index in [2.05, 4.69) is 19.2 Å². The van der Waals surface area contributed by atoms with Gasteiger partial charge in [0.25, 0.3) is 0 Å². The van der Waals surface area contributed by atoms with Crippen LogP contribution < -0.4 is 5.32 Å². The van der Waals surface area contributed by atoms with Gasteiger partial charge in [0.05, 0.1) is 18.8 Å². The third-order valence-electron chi connectivity index (χ3n) is 6.27. The first-order chi connectivity index (χ1) is 15.7. The number of carbonyl (C=O) groups excluding carboxylic acids is 1. The van der Waals surface area contributed by atoms with Gasteiger partial charge in [-0.2, -0.15) is 0 Å². The Kier molecular flexibility index (Phi) is 24.1. The minimum absolute atomic E-state index is 0.0792. The van der Waals surface area contributed by atoms with Gasteiger partial charge >= 0.3 is 0 Å². The van der Waals surface area contributed by atoms with Crippen LogP contribution in [0.4, 0.5) is 0 Å². The zero-order chi connectivity index (χ0) is 23.7. The quantitative estimate of drug-likeness (QED) is 0.107. The summed E-state index contributed by atoms with van der Waals surface area (Å²) in [6.45, 7) is 4.20. The molecule has 0 saturated heterocycles. The van der Waals surface area contributed by atoms with Gasteiger partial charge in [-0.3, -0.25) is 4.79 Å². The summed E-state index contributed by atoms with van der Waals surface area (Å²) in [5, 5.41) is 22.5. The molecule has 4 nitrogen and oxygen atoms in total. The first kappa shape index (κ1) is 31.1. The lowest BCUT2D eigenvalue weighted by Crippen LogP contribution is -2.45. The van der Waals surface area contributed by atoms with Gasteiger partial charge in [0.1, 0.15) is 0 Å². The number of allylic oxidation sites excluding steroid dienone is 1. The average Bonchev–Trinajstić information content (AvgIpc) is 2.79. The zero-order valence-corrected chi connectivity index (χ0v) is 21.5. The summed E-state index contributed by atoms with van der Waals surface area (Å²) < 4.78 is 0. The fraction of sp³-hybridized carbons (Fsp3) is 0.893. The van der Waals surface area contributed by atoms with Crippen LogP contribution in [0.2, 0.25) is 0 Å². The van der Waals surface area contributed by atoms with Crippen molar-refractivity contribution < 1.29 is 15.0 Å². The van der Waals surface area contributed by atoms with E-state index in [1.807, 2.05) is 6.08 Å². The zero-order valence-electron chi connectivity index (χ0n) is 21.5. The van der Waals surface area contributed by atoms with Crippen LogP contribution in [0.1, 0.15) is 142 Å². The second-order valence-electron chi connectivity index (χ2n) is 9.47. The summed E-state index contributed by atoms with van der Waals surface area (Å²) in [7, 11) is 0. The van der Waals surface area contributed by atoms with Crippen LogP contribution in [0.25, 0.3) is 0 Å². The smallest absolute Gasteiger partial charge is 0.220 e. The van der Waals surface area contributed by atoms with Gasteiger partial charge < -0.3 is 15.5 Å². The van der Waals surface area contributed by atoms with E-state index >= 15 is 0 Å². The van der Waals surface area contributed by atoms with Gasteiger partial charge in [0.2, 0.25) is 5.91 Å². The largest absolute Gasteiger partial charge is 0.394 e. The molecule has 3 N–H and O–H groups in total. The number of rotatable bonds is 24. The molecule has 0 aliphatic heterocycles. The standard InChI is InChI=1S/C28H55NO3/c1-3-5-7-9-10-11-12-13-14-15-16-17-18-20-21-23-27(31)26(25-30)29-28(32)24-22-19-8-6-4-2/h21,23,26-27,30-31H,3-20,22,24-25H2,1-2H3,(H,29,32)/b23-21+. The highest BCUT2D eigenvalue weighted by Gasteiger charge is 2.17. The van der Waals surface area contributed by atoms with E-state index in [9.17, 15) is 15.0 Å². The summed E-state index contributed by atoms with van der Waals surface area (Å²) in [6.07, 6.45) is 27.3. The Morgan fingerprint density at radius 1 is 0.719 bits per heavy atom. The molecule has 0 aliphatic carbocycles. The third-order valence-corrected chi connectivity index (χ3v) is 6.27. The molecule has 0 saturated carbocycles. The van der Waals surface area contributed by atoms with E-state index < -0.39 is 12.1 Å². The molecule has 2 unspecified atom stereocenters. The maximum absolute atomic E-state index is 12.0. The number of hydrogen-bond donors (Lipinski definition) is 3. The Labute approximate surface area is 199 Å². The number of unbranched alkanes of at least 4 members (excludes halogenated alkanes) is 17. The topological polar surface area (TPSA) is 69.6 Å². The van der Waals surface area contributed by atoms with Crippen molar-refractivity contribution in [2.75, 3.05) is 6.61 Å². The van der Waals surface area contributed by atoms with Gasteiger partial charge in [-0.15, -0.1) is 0 Å². The van der Waals surface area contributed by atoms with Crippen LogP contribution >= 0.6 is 0 Å². The maximum Gasteiger partial charge on any atom is 0.220 e. The monoisotopic (exact) mass is 453 g/mol. The Morgan fingerprint density at radius 2 is 1.16 bits per heavy atom. The minimum Gasteiger partial charge on any atom is -0.394 e. The summed E-state index contributed by atoms with van der Waals surface area (Å²) in [5.74, 6) is -0.0792. The SMILES string of the molecule is CCCCCCCCCCCCCCC/C=C/C(O)C(CO)NC(=O)CCCCCCC. The third kappa shape index (κ3) is 21.0. The Bertz CT molecular complexity index is 425. The van der Waals surface area contributed by atoms with Crippen LogP contribution in [0.5, 0.6) is 0 Å². The number of carbonyl (C=O) groups is 1. The molecule has 32 heavy (non-hydrogen) atoms. The second kappa shape index (κ2) is 24.8. The van der Waals surface area contributed by atoms with Crippen LogP contribution in [-0.2, 0) is 4.79 Å². The van der Waals surface area contributed by atoms with E-state index in [4.69, 9.17) is 0 Å². The van der Waals surface area contributed by atoms with Crippen LogP contribution in [-0.4, -0.2) is 34.9 Å². The molecular weight excluding hydrogens is 398 g/mol. The molecular formula is C28H55NO3. The molecule has 0 aliphatic rings. The van der Waals surface area contributed by atoms with E-state index in [-0.39, 0.29) is 12.5 Å². The molecule has 0 spiro atoms. The molecule has 0 bridgehead atoms. The molecule has 0 aromatic carbocycles. The number of aliphatic hydroxyl groups excluding tert-OH is 2. The molecule has 0 radical (unpaired) electrons. The Hall–Kier alpha value is -0.870. The van der Waals surface area contributed by atoms with Crippen LogP contribution in [0.3, 0.4) is 0 Å². The first-order valence-electron chi connectivity index (χ1n) is 13.9. The molecule has 2 atom stereocenters. The highest BCUT2D eigenvalue weighted by atomic mass is 16.3. The van der Waals surface area contributed by atoms with Gasteiger partial charge in [-0.05, 0) is 19.3 Å². The van der Waals surface area contributed by atoms with Crippen molar-refractivity contribution in [3.8, 4) is 0 Å². The lowest BCUT2D eigenvalue weighted by Gasteiger charge is -2.20. The number of aliphatic hydroxyl groups is 2. The lowest BCUT2D eigenvalue weighted by atomic mass is 10.0. The molecule has 0 aromatic rings. The minimum atomic E-state index is -0.828. The Morgan fingerprint density at radius 3 is 1.62 bits per heavy atom. The first-order valence-corrected chi connectivity index (χ1v) is 13.9. The van der Waals surface area contributed by atoms with Crippen molar-refractivity contribution in [2.24, 2.45) is 0 Å². The molecule has 0 aromatic heterocycles. The fourth-order valence-corrected chi connectivity index (χ4v) is 4.06. The molecule has 4 heteroatoms. The van der Waals surface area contributed by atoms with E-state index in [0.29, 0.717) is 6.42 Å². The number of amides is 1. The van der Waals surface area contributed by atoms with Crippen LogP contribution in [0.15, 0.2) is 12.2 Å². The van der Waals surface area contributed by atoms with Gasteiger partial charge in [0.15, 0.2) is 0 Å². The number of hydrogen-bond acceptors (Lipinski definition) is 3. The fourth-order valence-electron chi connectivity index (χ4n) is 4.06. The van der Waals surface area contributed by atoms with Crippen molar-refractivity contribution in [2.45, 2.75) is 154 Å². The van der Waals surface area contributed by atoms with Crippen molar-refractivity contribution in [3.05, 3.63) is 12.2 Å². The van der Waals surface area contributed by atoms with Crippen molar-refractivity contribution in [1.82, 2.24) is 5.32 Å². The summed E-state index contributed by atoms with van der Waals surface area (Å²) in [6, 6.07) is -0.610. The molecule has 1 amide bonds. The number of nitrogens with one attached hydrogen (secondary N) is 1. The van der Waals surface area contributed by atoms with E-state index in [0.717, 1.165) is 32.1 Å². The lowest BCUT2D eigenvalue weighted by molar-refractivity contribution is -0.123. The van der Waals surface area contributed by atoms with Crippen molar-refractivity contribution >= 4 is 5.91 Å². The molecule has 0 fully saturated rings. The van der Waals surface area contributed by atoms with E-state index in [1.165, 1.54) is 89.9 Å². The summed E-state index contributed by atoms with van der Waals surface area (Å²) >= 11 is 0. The predicted molar refractivity (Wildman–Crippen MR) is 138 cm³/mol.